The van der Waals surface area contributed by atoms with Crippen LogP contribution in [-0.2, 0) is 0 Å². The Morgan fingerprint density at radius 2 is 1.23 bits per heavy atom. The van der Waals surface area contributed by atoms with Gasteiger partial charge in [0.2, 0.25) is 0 Å². The molecule has 7 rings (SSSR count). The molecule has 4 fully saturated rings. The summed E-state index contributed by atoms with van der Waals surface area (Å²) in [4.78, 5) is 0. The Balaban J connectivity index is 1.68. The monoisotopic (exact) mass is 286 g/mol. The predicted octanol–water partition coefficient (Wildman–Crippen LogP) is 5.27. The van der Waals surface area contributed by atoms with Crippen LogP contribution in [0.4, 0.5) is 0 Å². The molecule has 0 amide bonds. The second-order valence-corrected chi connectivity index (χ2v) is 7.36. The van der Waals surface area contributed by atoms with Gasteiger partial charge in [0.05, 0.1) is 0 Å². The molecular weight excluding hydrogens is 268 g/mol. The summed E-state index contributed by atoms with van der Waals surface area (Å²) in [5.41, 5.74) is 5.91. The van der Waals surface area contributed by atoms with Crippen molar-refractivity contribution in [2.24, 2.45) is 23.7 Å². The summed E-state index contributed by atoms with van der Waals surface area (Å²) in [6.45, 7) is 0. The molecule has 22 heavy (non-hydrogen) atoms. The van der Waals surface area contributed by atoms with E-state index in [1.54, 1.807) is 5.57 Å². The van der Waals surface area contributed by atoms with Gasteiger partial charge in [-0.3, -0.25) is 0 Å². The fourth-order valence-corrected chi connectivity index (χ4v) is 5.78. The number of fused-ring (bicyclic) bond motifs is 2. The smallest absolute Gasteiger partial charge is 0.135 e. The minimum atomic E-state index is 0.851. The molecule has 0 saturated heterocycles. The first kappa shape index (κ1) is 11.5. The zero-order valence-corrected chi connectivity index (χ0v) is 12.5. The lowest BCUT2D eigenvalue weighted by molar-refractivity contribution is 0.457. The molecule has 0 spiro atoms. The molecule has 0 unspecified atom stereocenters. The second-order valence-electron chi connectivity index (χ2n) is 7.36. The van der Waals surface area contributed by atoms with Crippen molar-refractivity contribution in [3.05, 3.63) is 65.2 Å². The molecule has 1 nitrogen and oxygen atoms in total. The Bertz CT molecular complexity index is 766. The number of allylic oxidation sites excluding steroid dienone is 1. The molecule has 1 heterocycles. The minimum Gasteiger partial charge on any atom is -0.456 e. The molecule has 5 aliphatic rings. The zero-order valence-electron chi connectivity index (χ0n) is 12.5. The normalized spacial score (nSPS) is 33.1. The Morgan fingerprint density at radius 3 is 1.77 bits per heavy atom. The number of rotatable bonds is 0. The van der Waals surface area contributed by atoms with Crippen LogP contribution >= 0.6 is 0 Å². The van der Waals surface area contributed by atoms with Gasteiger partial charge in [-0.2, -0.15) is 0 Å². The third-order valence-corrected chi connectivity index (χ3v) is 6.48. The van der Waals surface area contributed by atoms with Crippen LogP contribution in [0, 0.1) is 23.7 Å². The lowest BCUT2D eigenvalue weighted by atomic mass is 9.83. The molecule has 1 heteroatoms. The van der Waals surface area contributed by atoms with Crippen molar-refractivity contribution in [1.29, 1.82) is 0 Å². The van der Waals surface area contributed by atoms with Crippen LogP contribution < -0.4 is 4.74 Å². The molecule has 2 aromatic carbocycles. The quantitative estimate of drug-likeness (QED) is 0.547. The summed E-state index contributed by atoms with van der Waals surface area (Å²) >= 11 is 0. The highest BCUT2D eigenvalue weighted by atomic mass is 16.5. The van der Waals surface area contributed by atoms with Crippen molar-refractivity contribution in [2.75, 3.05) is 0 Å². The van der Waals surface area contributed by atoms with Gasteiger partial charge < -0.3 is 4.74 Å². The van der Waals surface area contributed by atoms with E-state index < -0.39 is 0 Å². The third-order valence-electron chi connectivity index (χ3n) is 6.48. The van der Waals surface area contributed by atoms with Gasteiger partial charge in [-0.05, 0) is 60.6 Å². The Kier molecular flexibility index (Phi) is 2.01. The highest BCUT2D eigenvalue weighted by molar-refractivity contribution is 5.90. The zero-order chi connectivity index (χ0) is 14.3. The van der Waals surface area contributed by atoms with E-state index in [9.17, 15) is 0 Å². The van der Waals surface area contributed by atoms with Gasteiger partial charge >= 0.3 is 0 Å². The van der Waals surface area contributed by atoms with E-state index in [1.165, 1.54) is 36.0 Å². The van der Waals surface area contributed by atoms with Gasteiger partial charge in [0.25, 0.3) is 0 Å². The highest BCUT2D eigenvalue weighted by Gasteiger charge is 2.57. The Hall–Kier alpha value is -2.02. The molecule has 4 aliphatic carbocycles. The maximum absolute atomic E-state index is 6.16. The molecule has 4 saturated carbocycles. The molecule has 4 bridgehead atoms. The van der Waals surface area contributed by atoms with Crippen LogP contribution in [0.2, 0.25) is 0 Å². The van der Waals surface area contributed by atoms with Crippen molar-refractivity contribution < 1.29 is 4.74 Å². The molecule has 0 aromatic heterocycles. The van der Waals surface area contributed by atoms with Gasteiger partial charge in [-0.25, -0.2) is 0 Å². The molecule has 4 atom stereocenters. The number of ether oxygens (including phenoxy) is 1. The second kappa shape index (κ2) is 3.84. The van der Waals surface area contributed by atoms with Crippen molar-refractivity contribution in [3.8, 4) is 11.5 Å². The van der Waals surface area contributed by atoms with Gasteiger partial charge in [-0.15, -0.1) is 0 Å². The van der Waals surface area contributed by atoms with Gasteiger partial charge in [-0.1, -0.05) is 42.0 Å². The topological polar surface area (TPSA) is 9.23 Å². The molecular formula is C21H18O. The summed E-state index contributed by atoms with van der Waals surface area (Å²) in [7, 11) is 0. The SMILES string of the molecule is c1ccc2c(c1)Oc1ccccc1C2=C1[C@@H]2C[C@H]3C[C@@H]2C[C@@H]13. The number of hydrogen-bond donors (Lipinski definition) is 0. The van der Waals surface area contributed by atoms with Crippen LogP contribution in [0.3, 0.4) is 0 Å². The molecule has 0 N–H and O–H groups in total. The van der Waals surface area contributed by atoms with E-state index in [0.717, 1.165) is 35.2 Å². The number of benzene rings is 2. The van der Waals surface area contributed by atoms with Crippen LogP contribution in [0.25, 0.3) is 5.57 Å². The van der Waals surface area contributed by atoms with Crippen LogP contribution in [0.5, 0.6) is 11.5 Å². The average Bonchev–Trinajstić information content (AvgIpc) is 3.29. The first-order chi connectivity index (χ1) is 10.9. The van der Waals surface area contributed by atoms with E-state index in [1.807, 2.05) is 0 Å². The van der Waals surface area contributed by atoms with Crippen LogP contribution in [0.15, 0.2) is 54.1 Å². The van der Waals surface area contributed by atoms with Crippen LogP contribution in [-0.4, -0.2) is 0 Å². The number of hydrogen-bond acceptors (Lipinski definition) is 1. The van der Waals surface area contributed by atoms with E-state index in [-0.39, 0.29) is 0 Å². The third kappa shape index (κ3) is 1.27. The Morgan fingerprint density at radius 1 is 0.682 bits per heavy atom. The molecule has 108 valence electrons. The van der Waals surface area contributed by atoms with Gasteiger partial charge in [0.1, 0.15) is 11.5 Å². The highest BCUT2D eigenvalue weighted by Crippen LogP contribution is 2.68. The summed E-state index contributed by atoms with van der Waals surface area (Å²) in [6, 6.07) is 17.2. The lowest BCUT2D eigenvalue weighted by Crippen LogP contribution is -2.10. The standard InChI is InChI=1S/C21H18O/c1-3-7-18-14(5-1)20(15-6-2-4-8-19(15)22-18)21-16-10-12-9-13(16)11-17(12)21/h1-8,12-13,16-17H,9-11H2/t12-,13-,16-,17-/m1/s1. The average molecular weight is 286 g/mol. The maximum atomic E-state index is 6.16. The van der Waals surface area contributed by atoms with E-state index >= 15 is 0 Å². The number of para-hydroxylation sites is 2. The first-order valence-corrected chi connectivity index (χ1v) is 8.51. The summed E-state index contributed by atoms with van der Waals surface area (Å²) in [5.74, 6) is 5.71. The van der Waals surface area contributed by atoms with E-state index in [4.69, 9.17) is 4.74 Å². The largest absolute Gasteiger partial charge is 0.456 e. The first-order valence-electron chi connectivity index (χ1n) is 8.51. The summed E-state index contributed by atoms with van der Waals surface area (Å²) in [5, 5.41) is 0. The minimum absolute atomic E-state index is 0.851. The predicted molar refractivity (Wildman–Crippen MR) is 86.8 cm³/mol. The van der Waals surface area contributed by atoms with Gasteiger partial charge in [0, 0.05) is 11.1 Å². The fourth-order valence-electron chi connectivity index (χ4n) is 5.78. The van der Waals surface area contributed by atoms with Crippen molar-refractivity contribution >= 4 is 5.57 Å². The van der Waals surface area contributed by atoms with Crippen molar-refractivity contribution in [1.82, 2.24) is 0 Å². The summed E-state index contributed by atoms with van der Waals surface area (Å²) in [6.07, 6.45) is 4.38. The Labute approximate surface area is 130 Å². The summed E-state index contributed by atoms with van der Waals surface area (Å²) < 4.78 is 6.16. The maximum Gasteiger partial charge on any atom is 0.135 e. The van der Waals surface area contributed by atoms with E-state index in [0.29, 0.717) is 0 Å². The van der Waals surface area contributed by atoms with Crippen LogP contribution in [0.1, 0.15) is 30.4 Å². The molecule has 1 aliphatic heterocycles. The molecule has 0 radical (unpaired) electrons. The van der Waals surface area contributed by atoms with E-state index in [2.05, 4.69) is 48.5 Å². The van der Waals surface area contributed by atoms with Crippen molar-refractivity contribution in [2.45, 2.75) is 19.3 Å². The fraction of sp³-hybridized carbons (Fsp3) is 0.333. The van der Waals surface area contributed by atoms with Gasteiger partial charge in [0.15, 0.2) is 0 Å². The lowest BCUT2D eigenvalue weighted by Gasteiger charge is -2.27. The van der Waals surface area contributed by atoms with Crippen molar-refractivity contribution in [3.63, 3.8) is 0 Å². The molecule has 2 aromatic rings.